The van der Waals surface area contributed by atoms with E-state index in [0.29, 0.717) is 0 Å². The first kappa shape index (κ1) is 17.2. The zero-order chi connectivity index (χ0) is 15.6. The summed E-state index contributed by atoms with van der Waals surface area (Å²) in [5, 5.41) is 0. The molecule has 0 fully saturated rings. The number of benzene rings is 1. The molecule has 114 valence electrons. The summed E-state index contributed by atoms with van der Waals surface area (Å²) < 4.78 is 53.6. The van der Waals surface area contributed by atoms with Gasteiger partial charge in [-0.1, -0.05) is 20.8 Å². The van der Waals surface area contributed by atoms with Crippen LogP contribution in [0, 0.1) is 23.0 Å². The van der Waals surface area contributed by atoms with Crippen LogP contribution in [0.2, 0.25) is 0 Å². The third kappa shape index (κ3) is 5.63. The minimum Gasteiger partial charge on any atom is -0.493 e. The highest BCUT2D eigenvalue weighted by Crippen LogP contribution is 2.29. The molecule has 1 aromatic carbocycles. The Morgan fingerprint density at radius 1 is 1.25 bits per heavy atom. The Morgan fingerprint density at radius 3 is 2.30 bits per heavy atom. The van der Waals surface area contributed by atoms with Crippen LogP contribution >= 0.6 is 10.7 Å². The van der Waals surface area contributed by atoms with Crippen molar-refractivity contribution in [2.24, 2.45) is 11.3 Å². The number of ether oxygens (including phenoxy) is 1. The molecular formula is C13H17ClF2O3S. The van der Waals surface area contributed by atoms with E-state index in [0.717, 1.165) is 12.1 Å². The van der Waals surface area contributed by atoms with Crippen molar-refractivity contribution >= 4 is 19.7 Å². The molecule has 0 aliphatic heterocycles. The second-order valence-corrected chi connectivity index (χ2v) is 8.48. The van der Waals surface area contributed by atoms with Gasteiger partial charge in [0.25, 0.3) is 0 Å². The molecule has 3 nitrogen and oxygen atoms in total. The molecule has 7 heteroatoms. The van der Waals surface area contributed by atoms with Crippen LogP contribution in [0.1, 0.15) is 20.8 Å². The molecule has 0 aromatic heterocycles. The van der Waals surface area contributed by atoms with Gasteiger partial charge in [0.05, 0.1) is 12.4 Å². The Morgan fingerprint density at radius 2 is 1.85 bits per heavy atom. The summed E-state index contributed by atoms with van der Waals surface area (Å²) >= 11 is 0. The second-order valence-electron chi connectivity index (χ2n) is 5.66. The normalized spacial score (nSPS) is 14.1. The summed E-state index contributed by atoms with van der Waals surface area (Å²) in [5.74, 6) is -2.46. The highest BCUT2D eigenvalue weighted by Gasteiger charge is 2.29. The Hall–Kier alpha value is -0.880. The molecule has 0 bridgehead atoms. The molecule has 1 atom stereocenters. The fourth-order valence-electron chi connectivity index (χ4n) is 1.55. The standard InChI is InChI=1S/C13H17ClF2O3S/c1-13(2,3)9(8-20(14,17)18)7-19-10-4-5-11(15)12(16)6-10/h4-6,9H,7-8H2,1-3H3. The first-order valence-corrected chi connectivity index (χ1v) is 8.47. The van der Waals surface area contributed by atoms with Gasteiger partial charge in [-0.05, 0) is 17.5 Å². The van der Waals surface area contributed by atoms with Gasteiger partial charge < -0.3 is 4.74 Å². The van der Waals surface area contributed by atoms with E-state index in [4.69, 9.17) is 15.4 Å². The predicted molar refractivity (Wildman–Crippen MR) is 74.4 cm³/mol. The van der Waals surface area contributed by atoms with Crippen LogP contribution in [0.15, 0.2) is 18.2 Å². The Kier molecular flexibility index (Phi) is 5.38. The highest BCUT2D eigenvalue weighted by atomic mass is 35.7. The Balaban J connectivity index is 2.78. The summed E-state index contributed by atoms with van der Waals surface area (Å²) in [6.07, 6.45) is 0. The summed E-state index contributed by atoms with van der Waals surface area (Å²) in [7, 11) is 1.60. The van der Waals surface area contributed by atoms with Gasteiger partial charge in [-0.15, -0.1) is 0 Å². The van der Waals surface area contributed by atoms with E-state index in [1.54, 1.807) is 0 Å². The van der Waals surface area contributed by atoms with Crippen molar-refractivity contribution < 1.29 is 21.9 Å². The molecule has 1 unspecified atom stereocenters. The van der Waals surface area contributed by atoms with E-state index in [1.807, 2.05) is 20.8 Å². The zero-order valence-electron chi connectivity index (χ0n) is 11.5. The maximum absolute atomic E-state index is 13.0. The average Bonchev–Trinajstić information content (AvgIpc) is 2.26. The molecule has 0 aliphatic carbocycles. The maximum atomic E-state index is 13.0. The lowest BCUT2D eigenvalue weighted by Crippen LogP contribution is -2.31. The predicted octanol–water partition coefficient (Wildman–Crippen LogP) is 3.57. The lowest BCUT2D eigenvalue weighted by atomic mass is 9.82. The lowest BCUT2D eigenvalue weighted by molar-refractivity contribution is 0.163. The first-order chi connectivity index (χ1) is 8.99. The minimum atomic E-state index is -3.67. The molecule has 0 spiro atoms. The van der Waals surface area contributed by atoms with E-state index in [1.165, 1.54) is 6.07 Å². The van der Waals surface area contributed by atoms with E-state index in [2.05, 4.69) is 0 Å². The topological polar surface area (TPSA) is 43.4 Å². The maximum Gasteiger partial charge on any atom is 0.233 e. The SMILES string of the molecule is CC(C)(C)C(COc1ccc(F)c(F)c1)CS(=O)(=O)Cl. The van der Waals surface area contributed by atoms with Crippen molar-refractivity contribution in [1.29, 1.82) is 0 Å². The summed E-state index contributed by atoms with van der Waals surface area (Å²) in [6.45, 7) is 5.61. The van der Waals surface area contributed by atoms with Crippen molar-refractivity contribution in [2.45, 2.75) is 20.8 Å². The van der Waals surface area contributed by atoms with Crippen LogP contribution in [0.3, 0.4) is 0 Å². The van der Waals surface area contributed by atoms with Crippen LogP contribution in [0.25, 0.3) is 0 Å². The Labute approximate surface area is 122 Å². The van der Waals surface area contributed by atoms with E-state index in [-0.39, 0.29) is 29.4 Å². The summed E-state index contributed by atoms with van der Waals surface area (Å²) in [4.78, 5) is 0. The molecule has 0 saturated carbocycles. The quantitative estimate of drug-likeness (QED) is 0.777. The molecular weight excluding hydrogens is 310 g/mol. The molecule has 1 rings (SSSR count). The van der Waals surface area contributed by atoms with Crippen molar-refractivity contribution in [2.75, 3.05) is 12.4 Å². The van der Waals surface area contributed by atoms with Gasteiger partial charge in [0, 0.05) is 22.7 Å². The van der Waals surface area contributed by atoms with Gasteiger partial charge >= 0.3 is 0 Å². The van der Waals surface area contributed by atoms with Crippen LogP contribution in [-0.2, 0) is 9.05 Å². The van der Waals surface area contributed by atoms with Gasteiger partial charge in [-0.3, -0.25) is 0 Å². The third-order valence-electron chi connectivity index (χ3n) is 2.97. The smallest absolute Gasteiger partial charge is 0.233 e. The second kappa shape index (κ2) is 6.26. The molecule has 0 amide bonds. The van der Waals surface area contributed by atoms with Crippen molar-refractivity contribution in [3.63, 3.8) is 0 Å². The van der Waals surface area contributed by atoms with Crippen LogP contribution < -0.4 is 4.74 Å². The number of hydrogen-bond acceptors (Lipinski definition) is 3. The Bertz CT molecular complexity index is 567. The van der Waals surface area contributed by atoms with Crippen molar-refractivity contribution in [1.82, 2.24) is 0 Å². The van der Waals surface area contributed by atoms with Crippen LogP contribution in [-0.4, -0.2) is 20.8 Å². The summed E-state index contributed by atoms with van der Waals surface area (Å²) in [6, 6.07) is 3.16. The van der Waals surface area contributed by atoms with E-state index < -0.39 is 20.7 Å². The van der Waals surface area contributed by atoms with Crippen LogP contribution in [0.4, 0.5) is 8.78 Å². The highest BCUT2D eigenvalue weighted by molar-refractivity contribution is 8.13. The molecule has 1 aromatic rings. The van der Waals surface area contributed by atoms with E-state index in [9.17, 15) is 17.2 Å². The zero-order valence-corrected chi connectivity index (χ0v) is 13.1. The largest absolute Gasteiger partial charge is 0.493 e. The number of rotatable bonds is 5. The van der Waals surface area contributed by atoms with Crippen LogP contribution in [0.5, 0.6) is 5.75 Å². The molecule has 0 saturated heterocycles. The summed E-state index contributed by atoms with van der Waals surface area (Å²) in [5.41, 5.74) is -0.361. The average molecular weight is 327 g/mol. The van der Waals surface area contributed by atoms with Gasteiger partial charge in [-0.25, -0.2) is 17.2 Å². The number of halogens is 3. The fraction of sp³-hybridized carbons (Fsp3) is 0.538. The molecule has 0 heterocycles. The van der Waals surface area contributed by atoms with Gasteiger partial charge in [0.15, 0.2) is 11.6 Å². The monoisotopic (exact) mass is 326 g/mol. The fourth-order valence-corrected chi connectivity index (χ4v) is 3.08. The van der Waals surface area contributed by atoms with Gasteiger partial charge in [0.1, 0.15) is 5.75 Å². The van der Waals surface area contributed by atoms with Crippen molar-refractivity contribution in [3.8, 4) is 5.75 Å². The van der Waals surface area contributed by atoms with Gasteiger partial charge in [0.2, 0.25) is 9.05 Å². The molecule has 20 heavy (non-hydrogen) atoms. The minimum absolute atomic E-state index is 0.0422. The molecule has 0 aliphatic rings. The van der Waals surface area contributed by atoms with Gasteiger partial charge in [-0.2, -0.15) is 0 Å². The molecule has 0 radical (unpaired) electrons. The lowest BCUT2D eigenvalue weighted by Gasteiger charge is -2.29. The van der Waals surface area contributed by atoms with Crippen molar-refractivity contribution in [3.05, 3.63) is 29.8 Å². The van der Waals surface area contributed by atoms with E-state index >= 15 is 0 Å². The first-order valence-electron chi connectivity index (χ1n) is 5.99. The molecule has 0 N–H and O–H groups in total. The third-order valence-corrected chi connectivity index (χ3v) is 4.15. The number of hydrogen-bond donors (Lipinski definition) is 0.